The molecule has 0 radical (unpaired) electrons. The van der Waals surface area contributed by atoms with E-state index in [9.17, 15) is 4.79 Å². The number of ether oxygens (including phenoxy) is 1. The fourth-order valence-corrected chi connectivity index (χ4v) is 2.88. The first kappa shape index (κ1) is 17.6. The van der Waals surface area contributed by atoms with Crippen molar-refractivity contribution in [3.8, 4) is 0 Å². The van der Waals surface area contributed by atoms with E-state index in [0.29, 0.717) is 43.1 Å². The third kappa shape index (κ3) is 3.58. The maximum atomic E-state index is 12.8. The van der Waals surface area contributed by atoms with E-state index in [4.69, 9.17) is 9.15 Å². The molecule has 1 saturated heterocycles. The molecule has 3 rings (SSSR count). The summed E-state index contributed by atoms with van der Waals surface area (Å²) in [5, 5.41) is 12.5. The number of carbonyl (C=O) groups is 1. The summed E-state index contributed by atoms with van der Waals surface area (Å²) in [6.45, 7) is 9.47. The van der Waals surface area contributed by atoms with Crippen molar-refractivity contribution < 1.29 is 13.9 Å². The fourth-order valence-electron chi connectivity index (χ4n) is 2.88. The van der Waals surface area contributed by atoms with E-state index < -0.39 is 6.10 Å². The average molecular weight is 347 g/mol. The van der Waals surface area contributed by atoms with Crippen molar-refractivity contribution in [3.63, 3.8) is 0 Å². The molecule has 0 aliphatic carbocycles. The molecule has 1 fully saturated rings. The van der Waals surface area contributed by atoms with Crippen molar-refractivity contribution >= 4 is 5.91 Å². The topological polar surface area (TPSA) is 86.3 Å². The molecule has 0 bridgehead atoms. The van der Waals surface area contributed by atoms with Crippen LogP contribution in [0.25, 0.3) is 0 Å². The van der Waals surface area contributed by atoms with E-state index in [0.717, 1.165) is 5.69 Å². The zero-order valence-electron chi connectivity index (χ0n) is 15.4. The maximum absolute atomic E-state index is 12.8. The highest BCUT2D eigenvalue weighted by Gasteiger charge is 2.31. The lowest BCUT2D eigenvalue weighted by molar-refractivity contribution is -0.0352. The second kappa shape index (κ2) is 6.95. The van der Waals surface area contributed by atoms with Gasteiger partial charge in [0.15, 0.2) is 11.8 Å². The normalized spacial score (nSPS) is 18.4. The Bertz CT molecular complexity index is 749. The molecule has 136 valence electrons. The minimum absolute atomic E-state index is 0.0978. The Balaban J connectivity index is 1.74. The second-order valence-corrected chi connectivity index (χ2v) is 6.98. The quantitative estimate of drug-likeness (QED) is 0.843. The van der Waals surface area contributed by atoms with Gasteiger partial charge in [-0.1, -0.05) is 27.7 Å². The molecule has 2 aromatic rings. The molecule has 2 aromatic heterocycles. The monoisotopic (exact) mass is 347 g/mol. The first-order valence-electron chi connectivity index (χ1n) is 8.65. The third-order valence-electron chi connectivity index (χ3n) is 4.31. The maximum Gasteiger partial charge on any atom is 0.274 e. The molecule has 0 aromatic carbocycles. The first-order valence-corrected chi connectivity index (χ1v) is 8.65. The summed E-state index contributed by atoms with van der Waals surface area (Å²) in [6.07, 6.45) is -0.397. The van der Waals surface area contributed by atoms with Gasteiger partial charge >= 0.3 is 0 Å². The number of aromatic nitrogens is 4. The van der Waals surface area contributed by atoms with Crippen LogP contribution in [0.5, 0.6) is 0 Å². The van der Waals surface area contributed by atoms with Crippen LogP contribution in [-0.2, 0) is 11.8 Å². The number of hydrogen-bond donors (Lipinski definition) is 0. The van der Waals surface area contributed by atoms with E-state index in [2.05, 4.69) is 29.1 Å². The molecule has 8 heteroatoms. The number of amides is 1. The van der Waals surface area contributed by atoms with E-state index in [-0.39, 0.29) is 11.8 Å². The van der Waals surface area contributed by atoms with Gasteiger partial charge < -0.3 is 14.1 Å². The highest BCUT2D eigenvalue weighted by atomic mass is 16.5. The van der Waals surface area contributed by atoms with Crippen LogP contribution in [0.1, 0.15) is 73.6 Å². The van der Waals surface area contributed by atoms with E-state index in [1.807, 2.05) is 27.0 Å². The summed E-state index contributed by atoms with van der Waals surface area (Å²) in [7, 11) is 1.86. The summed E-state index contributed by atoms with van der Waals surface area (Å²) >= 11 is 0. The van der Waals surface area contributed by atoms with Crippen LogP contribution in [0.4, 0.5) is 0 Å². The number of carbonyl (C=O) groups excluding carboxylic acids is 1. The van der Waals surface area contributed by atoms with Gasteiger partial charge in [-0.25, -0.2) is 0 Å². The summed E-state index contributed by atoms with van der Waals surface area (Å²) in [6, 6.07) is 1.86. The predicted molar refractivity (Wildman–Crippen MR) is 90.3 cm³/mol. The van der Waals surface area contributed by atoms with E-state index >= 15 is 0 Å². The lowest BCUT2D eigenvalue weighted by atomic mass is 10.1. The van der Waals surface area contributed by atoms with Crippen molar-refractivity contribution in [1.82, 2.24) is 24.9 Å². The number of hydrogen-bond acceptors (Lipinski definition) is 6. The van der Waals surface area contributed by atoms with Crippen LogP contribution in [-0.4, -0.2) is 50.5 Å². The molecule has 1 amide bonds. The number of rotatable bonds is 4. The van der Waals surface area contributed by atoms with Crippen molar-refractivity contribution in [1.29, 1.82) is 0 Å². The highest BCUT2D eigenvalue weighted by molar-refractivity contribution is 5.92. The molecule has 0 N–H and O–H groups in total. The van der Waals surface area contributed by atoms with Crippen LogP contribution in [0.15, 0.2) is 10.5 Å². The molecular weight excluding hydrogens is 322 g/mol. The Morgan fingerprint density at radius 3 is 2.60 bits per heavy atom. The van der Waals surface area contributed by atoms with E-state index in [1.165, 1.54) is 0 Å². The summed E-state index contributed by atoms with van der Waals surface area (Å²) in [5.41, 5.74) is 1.49. The van der Waals surface area contributed by atoms with Crippen molar-refractivity contribution in [2.45, 2.75) is 45.6 Å². The van der Waals surface area contributed by atoms with Gasteiger partial charge in [-0.2, -0.15) is 5.10 Å². The molecule has 0 spiro atoms. The van der Waals surface area contributed by atoms with Gasteiger partial charge in [-0.15, -0.1) is 10.2 Å². The Morgan fingerprint density at radius 1 is 1.24 bits per heavy atom. The van der Waals surface area contributed by atoms with Crippen molar-refractivity contribution in [3.05, 3.63) is 29.2 Å². The number of aryl methyl sites for hydroxylation is 1. The van der Waals surface area contributed by atoms with Crippen LogP contribution in [0.3, 0.4) is 0 Å². The predicted octanol–water partition coefficient (Wildman–Crippen LogP) is 2.26. The van der Waals surface area contributed by atoms with Crippen LogP contribution in [0, 0.1) is 0 Å². The molecule has 3 heterocycles. The SMILES string of the molecule is CC(C)c1nnc(C2CN(C(=O)c3cc(C(C)C)n(C)n3)CCO2)o1. The van der Waals surface area contributed by atoms with Gasteiger partial charge in [-0.05, 0) is 12.0 Å². The van der Waals surface area contributed by atoms with Crippen LogP contribution >= 0.6 is 0 Å². The molecular formula is C17H25N5O3. The van der Waals surface area contributed by atoms with Crippen molar-refractivity contribution in [2.75, 3.05) is 19.7 Å². The lowest BCUT2D eigenvalue weighted by Crippen LogP contribution is -2.42. The summed E-state index contributed by atoms with van der Waals surface area (Å²) < 4.78 is 13.2. The minimum atomic E-state index is -0.397. The van der Waals surface area contributed by atoms with E-state index in [1.54, 1.807) is 9.58 Å². The third-order valence-corrected chi connectivity index (χ3v) is 4.31. The van der Waals surface area contributed by atoms with Crippen LogP contribution < -0.4 is 0 Å². The molecule has 1 unspecified atom stereocenters. The highest BCUT2D eigenvalue weighted by Crippen LogP contribution is 2.24. The molecule has 1 atom stereocenters. The zero-order chi connectivity index (χ0) is 18.1. The van der Waals surface area contributed by atoms with Crippen LogP contribution in [0.2, 0.25) is 0 Å². The average Bonchev–Trinajstić information content (AvgIpc) is 3.21. The standard InChI is InChI=1S/C17H25N5O3/c1-10(2)13-8-12(20-21(13)5)17(23)22-6-7-24-14(9-22)16-19-18-15(25-16)11(3)4/h8,10-11,14H,6-7,9H2,1-5H3. The molecule has 1 aliphatic rings. The molecule has 1 aliphatic heterocycles. The molecule has 0 saturated carbocycles. The van der Waals surface area contributed by atoms with Gasteiger partial charge in [0.05, 0.1) is 13.2 Å². The summed E-state index contributed by atoms with van der Waals surface area (Å²) in [5.74, 6) is 1.37. The van der Waals surface area contributed by atoms with Gasteiger partial charge in [-0.3, -0.25) is 9.48 Å². The Labute approximate surface area is 147 Å². The number of morpholine rings is 1. The molecule has 25 heavy (non-hydrogen) atoms. The van der Waals surface area contributed by atoms with Gasteiger partial charge in [0.25, 0.3) is 5.91 Å². The van der Waals surface area contributed by atoms with Gasteiger partial charge in [0.2, 0.25) is 11.8 Å². The second-order valence-electron chi connectivity index (χ2n) is 6.98. The van der Waals surface area contributed by atoms with Crippen molar-refractivity contribution in [2.24, 2.45) is 7.05 Å². The Kier molecular flexibility index (Phi) is 4.89. The number of nitrogens with zero attached hydrogens (tertiary/aromatic N) is 5. The largest absolute Gasteiger partial charge is 0.422 e. The first-order chi connectivity index (χ1) is 11.9. The Hall–Kier alpha value is -2.22. The minimum Gasteiger partial charge on any atom is -0.422 e. The Morgan fingerprint density at radius 2 is 2.00 bits per heavy atom. The van der Waals surface area contributed by atoms with Gasteiger partial charge in [0, 0.05) is 25.2 Å². The fraction of sp³-hybridized carbons (Fsp3) is 0.647. The zero-order valence-corrected chi connectivity index (χ0v) is 15.4. The molecule has 8 nitrogen and oxygen atoms in total. The lowest BCUT2D eigenvalue weighted by Gasteiger charge is -2.30. The van der Waals surface area contributed by atoms with Gasteiger partial charge in [0.1, 0.15) is 0 Å². The smallest absolute Gasteiger partial charge is 0.274 e. The summed E-state index contributed by atoms with van der Waals surface area (Å²) in [4.78, 5) is 14.5.